The van der Waals surface area contributed by atoms with Gasteiger partial charge in [-0.05, 0) is 23.1 Å². The van der Waals surface area contributed by atoms with Crippen LogP contribution in [0.15, 0.2) is 24.3 Å². The Bertz CT molecular complexity index is 458. The lowest BCUT2D eigenvalue weighted by molar-refractivity contribution is 0.340. The van der Waals surface area contributed by atoms with Gasteiger partial charge in [0, 0.05) is 0 Å². The maximum absolute atomic E-state index is 10.7. The molecule has 0 amide bonds. The number of primary sulfonamides is 1. The van der Waals surface area contributed by atoms with Gasteiger partial charge in [0.05, 0.1) is 5.75 Å². The summed E-state index contributed by atoms with van der Waals surface area (Å²) in [5.74, 6) is 0.482. The lowest BCUT2D eigenvalue weighted by Crippen LogP contribution is -2.21. The van der Waals surface area contributed by atoms with Crippen LogP contribution in [-0.4, -0.2) is 20.8 Å². The number of nitrogens with two attached hydrogens (primary N) is 1. The molecule has 96 valence electrons. The molecule has 1 rings (SSSR count). The Balaban J connectivity index is 2.58. The van der Waals surface area contributed by atoms with Crippen molar-refractivity contribution in [2.24, 2.45) is 5.14 Å². The summed E-state index contributed by atoms with van der Waals surface area (Å²) in [6.07, 6.45) is 0. The van der Waals surface area contributed by atoms with Crippen molar-refractivity contribution in [3.8, 4) is 5.75 Å². The summed E-state index contributed by atoms with van der Waals surface area (Å²) in [4.78, 5) is 0. The quantitative estimate of drug-likeness (QED) is 0.891. The van der Waals surface area contributed by atoms with Gasteiger partial charge < -0.3 is 4.74 Å². The molecule has 17 heavy (non-hydrogen) atoms. The van der Waals surface area contributed by atoms with Gasteiger partial charge in [0.15, 0.2) is 0 Å². The van der Waals surface area contributed by atoms with Crippen LogP contribution in [0.25, 0.3) is 0 Å². The van der Waals surface area contributed by atoms with E-state index in [0.717, 1.165) is 0 Å². The molecular formula is C12H19NO3S. The van der Waals surface area contributed by atoms with Crippen LogP contribution < -0.4 is 9.88 Å². The molecule has 0 atom stereocenters. The third-order valence-electron chi connectivity index (χ3n) is 2.36. The Morgan fingerprint density at radius 2 is 1.71 bits per heavy atom. The van der Waals surface area contributed by atoms with E-state index >= 15 is 0 Å². The molecule has 0 heterocycles. The molecule has 0 aliphatic heterocycles. The fourth-order valence-corrected chi connectivity index (χ4v) is 1.64. The Kier molecular flexibility index (Phi) is 4.16. The average Bonchev–Trinajstić information content (AvgIpc) is 2.15. The van der Waals surface area contributed by atoms with Gasteiger partial charge in [0.1, 0.15) is 12.4 Å². The molecule has 0 fully saturated rings. The summed E-state index contributed by atoms with van der Waals surface area (Å²) in [5.41, 5.74) is 1.30. The van der Waals surface area contributed by atoms with Crippen LogP contribution in [0.5, 0.6) is 5.75 Å². The lowest BCUT2D eigenvalue weighted by Gasteiger charge is -2.19. The normalized spacial score (nSPS) is 12.5. The Labute approximate surface area is 103 Å². The molecule has 5 heteroatoms. The minimum atomic E-state index is -3.45. The molecule has 1 aromatic rings. The van der Waals surface area contributed by atoms with Crippen molar-refractivity contribution in [2.45, 2.75) is 26.2 Å². The molecule has 0 saturated heterocycles. The molecule has 0 aliphatic carbocycles. The molecule has 0 bridgehead atoms. The summed E-state index contributed by atoms with van der Waals surface area (Å²) >= 11 is 0. The molecule has 1 aromatic carbocycles. The lowest BCUT2D eigenvalue weighted by atomic mass is 9.87. The van der Waals surface area contributed by atoms with Crippen molar-refractivity contribution >= 4 is 10.0 Å². The highest BCUT2D eigenvalue weighted by atomic mass is 32.2. The van der Waals surface area contributed by atoms with Crippen LogP contribution in [0.2, 0.25) is 0 Å². The van der Waals surface area contributed by atoms with Crippen molar-refractivity contribution < 1.29 is 13.2 Å². The van der Waals surface area contributed by atoms with Crippen LogP contribution >= 0.6 is 0 Å². The van der Waals surface area contributed by atoms with E-state index in [1.54, 1.807) is 0 Å². The largest absolute Gasteiger partial charge is 0.492 e. The first kappa shape index (κ1) is 14.0. The van der Waals surface area contributed by atoms with Crippen molar-refractivity contribution in [1.29, 1.82) is 0 Å². The fraction of sp³-hybridized carbons (Fsp3) is 0.500. The van der Waals surface area contributed by atoms with Crippen LogP contribution in [0.4, 0.5) is 0 Å². The molecule has 0 aromatic heterocycles. The first-order valence-corrected chi connectivity index (χ1v) is 7.14. The van der Waals surface area contributed by atoms with Gasteiger partial charge in [-0.1, -0.05) is 32.9 Å². The zero-order chi connectivity index (χ0) is 13.1. The minimum Gasteiger partial charge on any atom is -0.492 e. The van der Waals surface area contributed by atoms with Gasteiger partial charge >= 0.3 is 0 Å². The highest BCUT2D eigenvalue weighted by molar-refractivity contribution is 7.89. The summed E-state index contributed by atoms with van der Waals surface area (Å²) < 4.78 is 26.7. The van der Waals surface area contributed by atoms with Gasteiger partial charge in [0.25, 0.3) is 0 Å². The number of sulfonamides is 1. The standard InChI is InChI=1S/C12H19NO3S/c1-12(2,3)10-4-6-11(7-5-10)16-8-9-17(13,14)15/h4-7H,8-9H2,1-3H3,(H2,13,14,15). The summed E-state index contributed by atoms with van der Waals surface area (Å²) in [5, 5.41) is 4.87. The predicted octanol–water partition coefficient (Wildman–Crippen LogP) is 1.65. The summed E-state index contributed by atoms with van der Waals surface area (Å²) in [6, 6.07) is 7.63. The number of hydrogen-bond acceptors (Lipinski definition) is 3. The van der Waals surface area contributed by atoms with Gasteiger partial charge in [-0.3, -0.25) is 0 Å². The molecular weight excluding hydrogens is 238 g/mol. The maximum Gasteiger partial charge on any atom is 0.212 e. The van der Waals surface area contributed by atoms with Crippen molar-refractivity contribution in [1.82, 2.24) is 0 Å². The molecule has 4 nitrogen and oxygen atoms in total. The number of rotatable bonds is 4. The molecule has 0 saturated carbocycles. The van der Waals surface area contributed by atoms with Crippen LogP contribution in [0, 0.1) is 0 Å². The Morgan fingerprint density at radius 3 is 2.12 bits per heavy atom. The third kappa shape index (κ3) is 5.19. The monoisotopic (exact) mass is 257 g/mol. The SMILES string of the molecule is CC(C)(C)c1ccc(OCCS(N)(=O)=O)cc1. The zero-order valence-electron chi connectivity index (χ0n) is 10.4. The molecule has 0 unspecified atom stereocenters. The number of benzene rings is 1. The smallest absolute Gasteiger partial charge is 0.212 e. The van der Waals surface area contributed by atoms with Gasteiger partial charge in [-0.15, -0.1) is 0 Å². The molecule has 0 radical (unpaired) electrons. The van der Waals surface area contributed by atoms with Crippen molar-refractivity contribution in [3.63, 3.8) is 0 Å². The first-order chi connectivity index (χ1) is 7.68. The second-order valence-electron chi connectivity index (χ2n) is 4.99. The number of ether oxygens (including phenoxy) is 1. The van der Waals surface area contributed by atoms with Gasteiger partial charge in [-0.2, -0.15) is 0 Å². The minimum absolute atomic E-state index is 0.0771. The predicted molar refractivity (Wildman–Crippen MR) is 68.6 cm³/mol. The van der Waals surface area contributed by atoms with E-state index in [2.05, 4.69) is 20.8 Å². The van der Waals surface area contributed by atoms with Crippen molar-refractivity contribution in [2.75, 3.05) is 12.4 Å². The average molecular weight is 257 g/mol. The van der Waals surface area contributed by atoms with E-state index in [4.69, 9.17) is 9.88 Å². The summed E-state index contributed by atoms with van der Waals surface area (Å²) in [7, 11) is -3.45. The highest BCUT2D eigenvalue weighted by Gasteiger charge is 2.13. The molecule has 2 N–H and O–H groups in total. The second-order valence-corrected chi connectivity index (χ2v) is 6.72. The van der Waals surface area contributed by atoms with E-state index in [1.807, 2.05) is 24.3 Å². The second kappa shape index (κ2) is 5.06. The maximum atomic E-state index is 10.7. The van der Waals surface area contributed by atoms with Crippen LogP contribution in [-0.2, 0) is 15.4 Å². The molecule has 0 aliphatic rings. The van der Waals surface area contributed by atoms with E-state index in [1.165, 1.54) is 5.56 Å². The highest BCUT2D eigenvalue weighted by Crippen LogP contribution is 2.24. The van der Waals surface area contributed by atoms with Gasteiger partial charge in [0.2, 0.25) is 10.0 Å². The Hall–Kier alpha value is -1.07. The van der Waals surface area contributed by atoms with E-state index in [-0.39, 0.29) is 17.8 Å². The van der Waals surface area contributed by atoms with Crippen LogP contribution in [0.1, 0.15) is 26.3 Å². The van der Waals surface area contributed by atoms with E-state index in [0.29, 0.717) is 5.75 Å². The van der Waals surface area contributed by atoms with Crippen molar-refractivity contribution in [3.05, 3.63) is 29.8 Å². The van der Waals surface area contributed by atoms with Gasteiger partial charge in [-0.25, -0.2) is 13.6 Å². The zero-order valence-corrected chi connectivity index (χ0v) is 11.3. The fourth-order valence-electron chi connectivity index (χ4n) is 1.33. The summed E-state index contributed by atoms with van der Waals surface area (Å²) in [6.45, 7) is 6.46. The topological polar surface area (TPSA) is 69.4 Å². The Morgan fingerprint density at radius 1 is 1.18 bits per heavy atom. The third-order valence-corrected chi connectivity index (χ3v) is 3.09. The first-order valence-electron chi connectivity index (χ1n) is 5.42. The van der Waals surface area contributed by atoms with E-state index in [9.17, 15) is 8.42 Å². The molecule has 0 spiro atoms. The van der Waals surface area contributed by atoms with Crippen LogP contribution in [0.3, 0.4) is 0 Å². The van der Waals surface area contributed by atoms with E-state index < -0.39 is 10.0 Å². The number of hydrogen-bond donors (Lipinski definition) is 1.